The van der Waals surface area contributed by atoms with Crippen LogP contribution in [-0.2, 0) is 21.8 Å². The smallest absolute Gasteiger partial charge is 0.311 e. The molecule has 3 rings (SSSR count). The Morgan fingerprint density at radius 3 is 2.50 bits per heavy atom. The van der Waals surface area contributed by atoms with E-state index in [9.17, 15) is 4.79 Å². The highest BCUT2D eigenvalue weighted by Crippen LogP contribution is 2.28. The van der Waals surface area contributed by atoms with Crippen LogP contribution in [0.15, 0.2) is 59.1 Å². The van der Waals surface area contributed by atoms with E-state index in [-0.39, 0.29) is 18.5 Å². The van der Waals surface area contributed by atoms with E-state index in [0.717, 1.165) is 22.3 Å². The molecular weight excluding hydrogens is 350 g/mol. The Hall–Kier alpha value is -2.59. The lowest BCUT2D eigenvalue weighted by atomic mass is 10.0. The molecule has 5 heteroatoms. The Labute approximate surface area is 157 Å². The van der Waals surface area contributed by atoms with Gasteiger partial charge in [-0.3, -0.25) is 4.79 Å². The summed E-state index contributed by atoms with van der Waals surface area (Å²) in [6.45, 7) is 3.68. The molecule has 0 amide bonds. The Kier molecular flexibility index (Phi) is 5.74. The number of carbonyl (C=O) groups excluding carboxylic acids is 1. The maximum absolute atomic E-state index is 12.4. The third-order valence-electron chi connectivity index (χ3n) is 4.25. The van der Waals surface area contributed by atoms with Crippen molar-refractivity contribution in [2.24, 2.45) is 0 Å². The van der Waals surface area contributed by atoms with Crippen molar-refractivity contribution in [3.05, 3.63) is 77.0 Å². The van der Waals surface area contributed by atoms with Gasteiger partial charge in [0, 0.05) is 17.0 Å². The van der Waals surface area contributed by atoms with E-state index in [1.54, 1.807) is 0 Å². The fourth-order valence-electron chi connectivity index (χ4n) is 2.74. The lowest BCUT2D eigenvalue weighted by molar-refractivity contribution is -0.147. The van der Waals surface area contributed by atoms with Gasteiger partial charge in [-0.2, -0.15) is 0 Å². The predicted octanol–water partition coefficient (Wildman–Crippen LogP) is 5.24. The van der Waals surface area contributed by atoms with Crippen molar-refractivity contribution in [2.75, 3.05) is 0 Å². The van der Waals surface area contributed by atoms with Crippen LogP contribution in [-0.4, -0.2) is 11.1 Å². The van der Waals surface area contributed by atoms with Crippen LogP contribution in [0.1, 0.15) is 35.4 Å². The van der Waals surface area contributed by atoms with Crippen molar-refractivity contribution in [1.29, 1.82) is 0 Å². The molecule has 0 aliphatic carbocycles. The largest absolute Gasteiger partial charge is 0.458 e. The number of rotatable bonds is 6. The number of esters is 1. The topological polar surface area (TPSA) is 52.3 Å². The molecule has 3 aromatic rings. The Morgan fingerprint density at radius 1 is 1.15 bits per heavy atom. The highest BCUT2D eigenvalue weighted by atomic mass is 35.5. The summed E-state index contributed by atoms with van der Waals surface area (Å²) >= 11 is 5.83. The van der Waals surface area contributed by atoms with Gasteiger partial charge < -0.3 is 9.26 Å². The van der Waals surface area contributed by atoms with Gasteiger partial charge in [0.15, 0.2) is 5.76 Å². The second-order valence-electron chi connectivity index (χ2n) is 6.13. The number of halogens is 1. The van der Waals surface area contributed by atoms with Crippen molar-refractivity contribution in [2.45, 2.75) is 32.3 Å². The number of benzene rings is 2. The molecule has 0 aliphatic heterocycles. The molecule has 0 spiro atoms. The van der Waals surface area contributed by atoms with Gasteiger partial charge in [0.25, 0.3) is 0 Å². The summed E-state index contributed by atoms with van der Waals surface area (Å²) in [4.78, 5) is 12.4. The van der Waals surface area contributed by atoms with Crippen LogP contribution in [0.2, 0.25) is 0 Å². The standard InChI is InChI=1S/C21H20ClNO3/c1-14-19(12-20(24)25-15(2)17-6-4-3-5-7-17)21(26-23-14)18-10-8-16(13-22)9-11-18/h3-11,15H,12-13H2,1-2H3/t15-/m1/s1. The van der Waals surface area contributed by atoms with Crippen molar-refractivity contribution in [3.63, 3.8) is 0 Å². The minimum absolute atomic E-state index is 0.110. The molecule has 0 bridgehead atoms. The van der Waals surface area contributed by atoms with E-state index in [1.807, 2.05) is 68.4 Å². The van der Waals surface area contributed by atoms with Gasteiger partial charge in [-0.1, -0.05) is 59.8 Å². The quantitative estimate of drug-likeness (QED) is 0.440. The van der Waals surface area contributed by atoms with E-state index in [4.69, 9.17) is 20.9 Å². The first-order valence-electron chi connectivity index (χ1n) is 8.43. The van der Waals surface area contributed by atoms with Gasteiger partial charge in [-0.15, -0.1) is 11.6 Å². The summed E-state index contributed by atoms with van der Waals surface area (Å²) in [5, 5.41) is 4.02. The van der Waals surface area contributed by atoms with Crippen LogP contribution < -0.4 is 0 Å². The van der Waals surface area contributed by atoms with Crippen LogP contribution in [0, 0.1) is 6.92 Å². The average Bonchev–Trinajstić information content (AvgIpc) is 3.03. The predicted molar refractivity (Wildman–Crippen MR) is 101 cm³/mol. The zero-order chi connectivity index (χ0) is 18.5. The molecule has 0 unspecified atom stereocenters. The number of carbonyl (C=O) groups is 1. The van der Waals surface area contributed by atoms with Gasteiger partial charge in [0.05, 0.1) is 12.1 Å². The maximum Gasteiger partial charge on any atom is 0.311 e. The van der Waals surface area contributed by atoms with E-state index < -0.39 is 0 Å². The highest BCUT2D eigenvalue weighted by Gasteiger charge is 2.20. The van der Waals surface area contributed by atoms with E-state index in [2.05, 4.69) is 5.16 Å². The van der Waals surface area contributed by atoms with Crippen LogP contribution >= 0.6 is 11.6 Å². The third kappa shape index (κ3) is 4.14. The number of nitrogens with zero attached hydrogens (tertiary/aromatic N) is 1. The summed E-state index contributed by atoms with van der Waals surface area (Å²) in [6.07, 6.45) is -0.200. The molecule has 0 aliphatic rings. The van der Waals surface area contributed by atoms with Gasteiger partial charge >= 0.3 is 5.97 Å². The molecule has 0 saturated heterocycles. The lowest BCUT2D eigenvalue weighted by Crippen LogP contribution is -2.12. The summed E-state index contributed by atoms with van der Waals surface area (Å²) in [5.74, 6) is 0.728. The Bertz CT molecular complexity index is 872. The van der Waals surface area contributed by atoms with Gasteiger partial charge in [0.2, 0.25) is 0 Å². The number of aryl methyl sites for hydroxylation is 1. The molecular formula is C21H20ClNO3. The number of hydrogen-bond acceptors (Lipinski definition) is 4. The monoisotopic (exact) mass is 369 g/mol. The number of hydrogen-bond donors (Lipinski definition) is 0. The first-order valence-corrected chi connectivity index (χ1v) is 8.96. The van der Waals surface area contributed by atoms with Crippen LogP contribution in [0.4, 0.5) is 0 Å². The molecule has 1 atom stereocenters. The van der Waals surface area contributed by atoms with E-state index in [1.165, 1.54) is 0 Å². The van der Waals surface area contributed by atoms with Crippen molar-refractivity contribution >= 4 is 17.6 Å². The first kappa shape index (κ1) is 18.2. The number of alkyl halides is 1. The summed E-state index contributed by atoms with van der Waals surface area (Å²) in [5.41, 5.74) is 4.27. The molecule has 0 saturated carbocycles. The zero-order valence-corrected chi connectivity index (χ0v) is 15.5. The maximum atomic E-state index is 12.4. The van der Waals surface area contributed by atoms with Crippen molar-refractivity contribution in [1.82, 2.24) is 5.16 Å². The number of ether oxygens (including phenoxy) is 1. The number of aromatic nitrogens is 1. The fraction of sp³-hybridized carbons (Fsp3) is 0.238. The minimum atomic E-state index is -0.314. The van der Waals surface area contributed by atoms with E-state index in [0.29, 0.717) is 17.3 Å². The van der Waals surface area contributed by atoms with Crippen LogP contribution in [0.5, 0.6) is 0 Å². The SMILES string of the molecule is Cc1noc(-c2ccc(CCl)cc2)c1CC(=O)O[C@H](C)c1ccccc1. The van der Waals surface area contributed by atoms with Crippen LogP contribution in [0.25, 0.3) is 11.3 Å². The average molecular weight is 370 g/mol. The lowest BCUT2D eigenvalue weighted by Gasteiger charge is -2.13. The fourth-order valence-corrected chi connectivity index (χ4v) is 2.92. The second-order valence-corrected chi connectivity index (χ2v) is 6.39. The molecule has 0 fully saturated rings. The van der Waals surface area contributed by atoms with Crippen molar-refractivity contribution in [3.8, 4) is 11.3 Å². The molecule has 2 aromatic carbocycles. The van der Waals surface area contributed by atoms with Crippen molar-refractivity contribution < 1.29 is 14.1 Å². The zero-order valence-electron chi connectivity index (χ0n) is 14.7. The normalized spacial score (nSPS) is 12.0. The summed E-state index contributed by atoms with van der Waals surface area (Å²) in [6, 6.07) is 17.3. The molecule has 26 heavy (non-hydrogen) atoms. The molecule has 4 nitrogen and oxygen atoms in total. The third-order valence-corrected chi connectivity index (χ3v) is 4.56. The van der Waals surface area contributed by atoms with Gasteiger partial charge in [0.1, 0.15) is 6.10 Å². The molecule has 1 aromatic heterocycles. The Balaban J connectivity index is 1.75. The molecule has 0 radical (unpaired) electrons. The molecule has 134 valence electrons. The van der Waals surface area contributed by atoms with Crippen LogP contribution in [0.3, 0.4) is 0 Å². The Morgan fingerprint density at radius 2 is 1.85 bits per heavy atom. The van der Waals surface area contributed by atoms with Gasteiger partial charge in [-0.25, -0.2) is 0 Å². The molecule has 0 N–H and O–H groups in total. The first-order chi connectivity index (χ1) is 12.6. The highest BCUT2D eigenvalue weighted by molar-refractivity contribution is 6.17. The van der Waals surface area contributed by atoms with E-state index >= 15 is 0 Å². The summed E-state index contributed by atoms with van der Waals surface area (Å²) in [7, 11) is 0. The molecule has 1 heterocycles. The minimum Gasteiger partial charge on any atom is -0.458 e. The van der Waals surface area contributed by atoms with Gasteiger partial charge in [-0.05, 0) is 25.0 Å². The second kappa shape index (κ2) is 8.19. The summed E-state index contributed by atoms with van der Waals surface area (Å²) < 4.78 is 11.0.